The van der Waals surface area contributed by atoms with Gasteiger partial charge in [-0.3, -0.25) is 9.24 Å². The molecule has 1 heterocycles. The van der Waals surface area contributed by atoms with E-state index in [9.17, 15) is 14.6 Å². The summed E-state index contributed by atoms with van der Waals surface area (Å²) in [5.41, 5.74) is -0.172. The fourth-order valence-electron chi connectivity index (χ4n) is 1.97. The van der Waals surface area contributed by atoms with Crippen molar-refractivity contribution in [3.63, 3.8) is 0 Å². The molecular weight excluding hydrogens is 337 g/mol. The number of carbonyl (C=O) groups excluding carboxylic acids is 1. The Balaban J connectivity index is 3.22. The minimum atomic E-state index is -3.25. The van der Waals surface area contributed by atoms with Gasteiger partial charge in [0.25, 0.3) is 0 Å². The molecule has 1 aliphatic heterocycles. The average molecular weight is 361 g/mol. The van der Waals surface area contributed by atoms with Crippen LogP contribution >= 0.6 is 18.1 Å². The lowest BCUT2D eigenvalue weighted by Gasteiger charge is -2.30. The maximum Gasteiger partial charge on any atom is 0.355 e. The Bertz CT molecular complexity index is 547. The van der Waals surface area contributed by atoms with Crippen LogP contribution in [0.5, 0.6) is 0 Å². The van der Waals surface area contributed by atoms with Crippen molar-refractivity contribution in [2.45, 2.75) is 39.4 Å². The van der Waals surface area contributed by atoms with E-state index in [0.717, 1.165) is 6.42 Å². The van der Waals surface area contributed by atoms with Crippen LogP contribution in [0, 0.1) is 11.3 Å². The molecule has 1 N–H and O–H groups in total. The average Bonchev–Trinajstić information content (AvgIpc) is 2.98. The Hall–Kier alpha value is -1.16. The van der Waals surface area contributed by atoms with Crippen molar-refractivity contribution >= 4 is 24.1 Å². The Morgan fingerprint density at radius 3 is 2.70 bits per heavy atom. The van der Waals surface area contributed by atoms with Crippen LogP contribution in [0.25, 0.3) is 0 Å². The third-order valence-corrected chi connectivity index (χ3v) is 8.50. The van der Waals surface area contributed by atoms with Gasteiger partial charge in [0.2, 0.25) is 0 Å². The first-order chi connectivity index (χ1) is 10.9. The van der Waals surface area contributed by atoms with Gasteiger partial charge in [0, 0.05) is 18.3 Å². The third-order valence-electron chi connectivity index (χ3n) is 3.18. The zero-order valence-electron chi connectivity index (χ0n) is 14.0. The number of esters is 1. The third kappa shape index (κ3) is 4.90. The Morgan fingerprint density at radius 2 is 2.17 bits per heavy atom. The summed E-state index contributed by atoms with van der Waals surface area (Å²) in [4.78, 5) is 12.0. The quantitative estimate of drug-likeness (QED) is 0.305. The summed E-state index contributed by atoms with van der Waals surface area (Å²) in [6, 6.07) is 1.86. The van der Waals surface area contributed by atoms with Gasteiger partial charge >= 0.3 is 12.7 Å². The van der Waals surface area contributed by atoms with Gasteiger partial charge in [-0.25, -0.2) is 4.79 Å². The van der Waals surface area contributed by atoms with Crippen LogP contribution in [0.2, 0.25) is 0 Å². The first-order valence-corrected chi connectivity index (χ1v) is 10.8. The molecule has 0 aromatic heterocycles. The van der Waals surface area contributed by atoms with Crippen molar-refractivity contribution in [2.24, 2.45) is 0 Å². The maximum atomic E-state index is 13.3. The summed E-state index contributed by atoms with van der Waals surface area (Å²) in [5.74, 6) is -0.487. The molecular formula is C14H24N3O4PS. The predicted octanol–water partition coefficient (Wildman–Crippen LogP) is 2.87. The summed E-state index contributed by atoms with van der Waals surface area (Å²) < 4.78 is 25.3. The van der Waals surface area contributed by atoms with Crippen LogP contribution in [0.1, 0.15) is 34.1 Å². The van der Waals surface area contributed by atoms with E-state index in [2.05, 4.69) is 5.32 Å². The number of carbonyl (C=O) groups is 1. The van der Waals surface area contributed by atoms with Gasteiger partial charge in [0.05, 0.1) is 13.2 Å². The minimum Gasteiger partial charge on any atom is -0.462 e. The summed E-state index contributed by atoms with van der Waals surface area (Å²) in [7, 11) is 0. The second kappa shape index (κ2) is 9.21. The molecule has 0 saturated carbocycles. The number of nitrogens with one attached hydrogen (secondary N) is 1. The zero-order valence-corrected chi connectivity index (χ0v) is 15.7. The number of hydrogen-bond acceptors (Lipinski definition) is 7. The topological polar surface area (TPSA) is 91.7 Å². The molecule has 1 saturated heterocycles. The van der Waals surface area contributed by atoms with Gasteiger partial charge in [-0.05, 0) is 31.7 Å². The summed E-state index contributed by atoms with van der Waals surface area (Å²) in [6.45, 7) is 5.51. The molecule has 0 aliphatic carbocycles. The summed E-state index contributed by atoms with van der Waals surface area (Å²) in [5, 5.41) is 12.4. The van der Waals surface area contributed by atoms with Gasteiger partial charge in [0.1, 0.15) is 11.9 Å². The Labute approximate surface area is 141 Å². The van der Waals surface area contributed by atoms with Crippen LogP contribution < -0.4 is 5.32 Å². The predicted molar refractivity (Wildman–Crippen MR) is 90.6 cm³/mol. The van der Waals surface area contributed by atoms with E-state index < -0.39 is 12.7 Å². The molecule has 0 radical (unpaired) electrons. The van der Waals surface area contributed by atoms with E-state index in [1.165, 1.54) is 16.1 Å². The highest BCUT2D eigenvalue weighted by Gasteiger charge is 2.40. The Morgan fingerprint density at radius 1 is 1.48 bits per heavy atom. The van der Waals surface area contributed by atoms with Crippen molar-refractivity contribution in [3.05, 3.63) is 11.4 Å². The molecule has 0 aromatic rings. The second-order valence-electron chi connectivity index (χ2n) is 4.82. The highest BCUT2D eigenvalue weighted by molar-refractivity contribution is 8.56. The fourth-order valence-corrected chi connectivity index (χ4v) is 7.11. The number of nitriles is 1. The van der Waals surface area contributed by atoms with Crippen LogP contribution in [0.15, 0.2) is 11.4 Å². The first-order valence-electron chi connectivity index (χ1n) is 7.69. The highest BCUT2D eigenvalue weighted by Crippen LogP contribution is 2.66. The summed E-state index contributed by atoms with van der Waals surface area (Å²) in [6.07, 6.45) is 0.838. The molecule has 0 bridgehead atoms. The lowest BCUT2D eigenvalue weighted by Crippen LogP contribution is -2.23. The molecule has 1 aliphatic rings. The van der Waals surface area contributed by atoms with Crippen molar-refractivity contribution < 1.29 is 18.6 Å². The van der Waals surface area contributed by atoms with Gasteiger partial charge in [-0.2, -0.15) is 5.26 Å². The lowest BCUT2D eigenvalue weighted by molar-refractivity contribution is -0.138. The summed E-state index contributed by atoms with van der Waals surface area (Å²) >= 11 is 1.25. The molecule has 2 unspecified atom stereocenters. The monoisotopic (exact) mass is 361 g/mol. The van der Waals surface area contributed by atoms with E-state index in [4.69, 9.17) is 9.26 Å². The fraction of sp³-hybridized carbons (Fsp3) is 0.714. The van der Waals surface area contributed by atoms with Crippen molar-refractivity contribution in [1.29, 1.82) is 5.26 Å². The molecule has 23 heavy (non-hydrogen) atoms. The number of rotatable bonds is 8. The molecule has 1 fully saturated rings. The van der Waals surface area contributed by atoms with Gasteiger partial charge in [-0.15, -0.1) is 0 Å². The molecule has 0 spiro atoms. The normalized spacial score (nSPS) is 20.2. The van der Waals surface area contributed by atoms with Gasteiger partial charge < -0.3 is 14.6 Å². The zero-order chi connectivity index (χ0) is 17.5. The second-order valence-corrected chi connectivity index (χ2v) is 9.53. The van der Waals surface area contributed by atoms with E-state index in [-0.39, 0.29) is 29.9 Å². The molecule has 0 amide bonds. The highest BCUT2D eigenvalue weighted by atomic mass is 32.7. The van der Waals surface area contributed by atoms with E-state index >= 15 is 0 Å². The molecule has 9 heteroatoms. The number of hydrogen-bond donors (Lipinski definition) is 1. The van der Waals surface area contributed by atoms with Crippen LogP contribution in [-0.2, 0) is 18.6 Å². The SMILES string of the molecule is CCOC(=O)C(C#N)=C1NCCN1P(=O)(OCC)SC(C)CC. The maximum absolute atomic E-state index is 13.3. The van der Waals surface area contributed by atoms with Crippen LogP contribution in [0.3, 0.4) is 0 Å². The minimum absolute atomic E-state index is 0.127. The largest absolute Gasteiger partial charge is 0.462 e. The standard InChI is InChI=1S/C14H24N3O4PS/c1-5-11(4)23-22(19,21-7-3)17-9-8-16-13(17)12(10-15)14(18)20-6-2/h11,16H,5-9H2,1-4H3. The van der Waals surface area contributed by atoms with Crippen LogP contribution in [-0.4, -0.2) is 42.2 Å². The van der Waals surface area contributed by atoms with Crippen molar-refractivity contribution in [1.82, 2.24) is 9.99 Å². The molecule has 0 aromatic carbocycles. The van der Waals surface area contributed by atoms with Gasteiger partial charge in [-0.1, -0.05) is 13.8 Å². The number of nitrogens with zero attached hydrogens (tertiary/aromatic N) is 2. The number of ether oxygens (including phenoxy) is 1. The molecule has 130 valence electrons. The van der Waals surface area contributed by atoms with Crippen molar-refractivity contribution in [3.8, 4) is 6.07 Å². The molecule has 1 rings (SSSR count). The van der Waals surface area contributed by atoms with E-state index in [1.54, 1.807) is 13.8 Å². The molecule has 7 nitrogen and oxygen atoms in total. The Kier molecular flexibility index (Phi) is 7.97. The smallest absolute Gasteiger partial charge is 0.355 e. The van der Waals surface area contributed by atoms with Crippen molar-refractivity contribution in [2.75, 3.05) is 26.3 Å². The molecule has 2 atom stereocenters. The first kappa shape index (κ1) is 19.9. The van der Waals surface area contributed by atoms with Gasteiger partial charge in [0.15, 0.2) is 5.57 Å². The van der Waals surface area contributed by atoms with E-state index in [1.807, 2.05) is 19.9 Å². The van der Waals surface area contributed by atoms with E-state index in [0.29, 0.717) is 13.1 Å². The lowest BCUT2D eigenvalue weighted by atomic mass is 10.3. The van der Waals surface area contributed by atoms with Crippen LogP contribution in [0.4, 0.5) is 0 Å².